The number of hydrogen-bond donors (Lipinski definition) is 0. The zero-order valence-electron chi connectivity index (χ0n) is 10.8. The van der Waals surface area contributed by atoms with Gasteiger partial charge in [0, 0.05) is 8.95 Å². The monoisotopic (exact) mass is 426 g/mol. The first-order valence-corrected chi connectivity index (χ1v) is 8.36. The van der Waals surface area contributed by atoms with Crippen LogP contribution >= 0.6 is 43.5 Å². The summed E-state index contributed by atoms with van der Waals surface area (Å²) < 4.78 is 15.3. The summed E-state index contributed by atoms with van der Waals surface area (Å²) in [5, 5.41) is 1.73. The zero-order chi connectivity index (χ0) is 15.0. The van der Waals surface area contributed by atoms with E-state index in [1.165, 1.54) is 12.1 Å². The summed E-state index contributed by atoms with van der Waals surface area (Å²) in [7, 11) is 0. The summed E-state index contributed by atoms with van der Waals surface area (Å²) in [6.45, 7) is 0. The molecule has 3 aromatic rings. The average Bonchev–Trinajstić information content (AvgIpc) is 2.50. The van der Waals surface area contributed by atoms with Crippen LogP contribution in [0.25, 0.3) is 10.8 Å². The number of fused-ring (bicyclic) bond motifs is 1. The van der Waals surface area contributed by atoms with E-state index >= 15 is 0 Å². The van der Waals surface area contributed by atoms with Gasteiger partial charge in [-0.05, 0) is 46.2 Å². The number of hydrogen-bond acceptors (Lipinski definition) is 0. The highest BCUT2D eigenvalue weighted by Gasteiger charge is 2.18. The van der Waals surface area contributed by atoms with Gasteiger partial charge >= 0.3 is 0 Å². The van der Waals surface area contributed by atoms with Crippen molar-refractivity contribution in [3.05, 3.63) is 80.5 Å². The third-order valence-corrected chi connectivity index (χ3v) is 5.29. The van der Waals surface area contributed by atoms with Gasteiger partial charge in [-0.2, -0.15) is 0 Å². The second-order valence-corrected chi connectivity index (χ2v) is 6.86. The van der Waals surface area contributed by atoms with Gasteiger partial charge < -0.3 is 0 Å². The highest BCUT2D eigenvalue weighted by molar-refractivity contribution is 9.11. The van der Waals surface area contributed by atoms with Crippen LogP contribution in [-0.2, 0) is 0 Å². The van der Waals surface area contributed by atoms with Gasteiger partial charge in [0.2, 0.25) is 0 Å². The van der Waals surface area contributed by atoms with E-state index in [0.717, 1.165) is 30.8 Å². The molecule has 0 nitrogen and oxygen atoms in total. The minimum Gasteiger partial charge on any atom is -0.207 e. The Hall–Kier alpha value is -0.900. The van der Waals surface area contributed by atoms with Crippen molar-refractivity contribution >= 4 is 54.2 Å². The lowest BCUT2D eigenvalue weighted by molar-refractivity contribution is 0.625. The van der Waals surface area contributed by atoms with Crippen LogP contribution in [0.2, 0.25) is 0 Å². The average molecular weight is 429 g/mol. The maximum Gasteiger partial charge on any atom is 0.123 e. The number of alkyl halides is 1. The first-order chi connectivity index (χ1) is 10.1. The molecular formula is C17H10Br2ClF. The standard InChI is InChI=1S/C17H10Br2ClF/c18-15-8-6-13(11-3-1-2-4-12(11)15)17(20)14-9-10(21)5-7-16(14)19/h1-9,17H. The maximum absolute atomic E-state index is 13.5. The molecule has 3 rings (SSSR count). The van der Waals surface area contributed by atoms with Gasteiger partial charge in [0.1, 0.15) is 5.82 Å². The van der Waals surface area contributed by atoms with Gasteiger partial charge in [-0.1, -0.05) is 62.2 Å². The Kier molecular flexibility index (Phi) is 4.34. The van der Waals surface area contributed by atoms with Crippen LogP contribution < -0.4 is 0 Å². The van der Waals surface area contributed by atoms with Crippen LogP contribution in [0.4, 0.5) is 4.39 Å². The first-order valence-electron chi connectivity index (χ1n) is 6.34. The van der Waals surface area contributed by atoms with E-state index in [9.17, 15) is 4.39 Å². The van der Waals surface area contributed by atoms with Gasteiger partial charge in [-0.25, -0.2) is 4.39 Å². The lowest BCUT2D eigenvalue weighted by Crippen LogP contribution is -1.97. The van der Waals surface area contributed by atoms with Crippen molar-refractivity contribution in [3.63, 3.8) is 0 Å². The molecule has 0 aromatic heterocycles. The largest absolute Gasteiger partial charge is 0.207 e. The molecule has 1 unspecified atom stereocenters. The Morgan fingerprint density at radius 2 is 1.48 bits per heavy atom. The summed E-state index contributed by atoms with van der Waals surface area (Å²) in [4.78, 5) is 0. The lowest BCUT2D eigenvalue weighted by Gasteiger charge is -2.16. The minimum absolute atomic E-state index is 0.291. The third kappa shape index (κ3) is 2.87. The molecule has 0 N–H and O–H groups in total. The quantitative estimate of drug-likeness (QED) is 0.392. The van der Waals surface area contributed by atoms with Gasteiger partial charge in [0.05, 0.1) is 5.38 Å². The van der Waals surface area contributed by atoms with Crippen LogP contribution in [0.15, 0.2) is 63.5 Å². The van der Waals surface area contributed by atoms with E-state index in [-0.39, 0.29) is 5.82 Å². The lowest BCUT2D eigenvalue weighted by atomic mass is 9.98. The Morgan fingerprint density at radius 3 is 2.24 bits per heavy atom. The third-order valence-electron chi connectivity index (χ3n) is 3.41. The van der Waals surface area contributed by atoms with E-state index in [1.807, 2.05) is 36.4 Å². The fraction of sp³-hybridized carbons (Fsp3) is 0.0588. The SMILES string of the molecule is Fc1ccc(Br)c(C(Cl)c2ccc(Br)c3ccccc23)c1. The van der Waals surface area contributed by atoms with Crippen LogP contribution in [0.3, 0.4) is 0 Å². The Bertz CT molecular complexity index is 817. The summed E-state index contributed by atoms with van der Waals surface area (Å²) in [6.07, 6.45) is 0. The molecule has 0 saturated heterocycles. The van der Waals surface area contributed by atoms with Crippen molar-refractivity contribution in [2.45, 2.75) is 5.38 Å². The second-order valence-electron chi connectivity index (χ2n) is 4.71. The molecule has 4 heteroatoms. The molecule has 0 radical (unpaired) electrons. The van der Waals surface area contributed by atoms with Crippen LogP contribution in [0.5, 0.6) is 0 Å². The molecule has 0 aliphatic rings. The Morgan fingerprint density at radius 1 is 0.810 bits per heavy atom. The number of rotatable bonds is 2. The second kappa shape index (κ2) is 6.07. The van der Waals surface area contributed by atoms with Gasteiger partial charge in [0.25, 0.3) is 0 Å². The maximum atomic E-state index is 13.5. The number of halogens is 4. The molecule has 106 valence electrons. The van der Waals surface area contributed by atoms with E-state index < -0.39 is 5.38 Å². The van der Waals surface area contributed by atoms with Crippen molar-refractivity contribution in [2.75, 3.05) is 0 Å². The van der Waals surface area contributed by atoms with E-state index in [0.29, 0.717) is 0 Å². The predicted molar refractivity (Wildman–Crippen MR) is 93.4 cm³/mol. The fourth-order valence-electron chi connectivity index (χ4n) is 2.38. The van der Waals surface area contributed by atoms with E-state index in [4.69, 9.17) is 11.6 Å². The molecule has 0 saturated carbocycles. The van der Waals surface area contributed by atoms with Crippen LogP contribution in [-0.4, -0.2) is 0 Å². The summed E-state index contributed by atoms with van der Waals surface area (Å²) in [6, 6.07) is 16.5. The molecular weight excluding hydrogens is 418 g/mol. The topological polar surface area (TPSA) is 0 Å². The Labute approximate surface area is 144 Å². The molecule has 0 aliphatic carbocycles. The van der Waals surface area contributed by atoms with Gasteiger partial charge in [-0.15, -0.1) is 11.6 Å². The predicted octanol–water partition coefficient (Wildman–Crippen LogP) is 6.83. The molecule has 0 fully saturated rings. The summed E-state index contributed by atoms with van der Waals surface area (Å²) in [5.41, 5.74) is 1.69. The summed E-state index contributed by atoms with van der Waals surface area (Å²) in [5.74, 6) is -0.291. The van der Waals surface area contributed by atoms with Crippen LogP contribution in [0.1, 0.15) is 16.5 Å². The van der Waals surface area contributed by atoms with Crippen molar-refractivity contribution in [1.82, 2.24) is 0 Å². The van der Waals surface area contributed by atoms with Crippen molar-refractivity contribution < 1.29 is 4.39 Å². The molecule has 3 aromatic carbocycles. The highest BCUT2D eigenvalue weighted by atomic mass is 79.9. The van der Waals surface area contributed by atoms with E-state index in [1.54, 1.807) is 6.07 Å². The van der Waals surface area contributed by atoms with Gasteiger partial charge in [-0.3, -0.25) is 0 Å². The molecule has 0 heterocycles. The molecule has 0 spiro atoms. The molecule has 0 bridgehead atoms. The Balaban J connectivity index is 2.20. The van der Waals surface area contributed by atoms with Crippen molar-refractivity contribution in [2.24, 2.45) is 0 Å². The van der Waals surface area contributed by atoms with E-state index in [2.05, 4.69) is 31.9 Å². The highest BCUT2D eigenvalue weighted by Crippen LogP contribution is 2.39. The van der Waals surface area contributed by atoms with Crippen LogP contribution in [0, 0.1) is 5.82 Å². The molecule has 0 aliphatic heterocycles. The number of benzene rings is 3. The molecule has 21 heavy (non-hydrogen) atoms. The zero-order valence-corrected chi connectivity index (χ0v) is 14.7. The van der Waals surface area contributed by atoms with Crippen molar-refractivity contribution in [3.8, 4) is 0 Å². The normalized spacial score (nSPS) is 12.6. The summed E-state index contributed by atoms with van der Waals surface area (Å²) >= 11 is 13.6. The first kappa shape index (κ1) is 15.0. The van der Waals surface area contributed by atoms with Gasteiger partial charge in [0.15, 0.2) is 0 Å². The minimum atomic E-state index is -0.423. The fourth-order valence-corrected chi connectivity index (χ4v) is 3.84. The molecule has 0 amide bonds. The van der Waals surface area contributed by atoms with Crippen molar-refractivity contribution in [1.29, 1.82) is 0 Å². The molecule has 1 atom stereocenters. The smallest absolute Gasteiger partial charge is 0.123 e.